The van der Waals surface area contributed by atoms with Crippen LogP contribution in [0, 0.1) is 6.92 Å². The summed E-state index contributed by atoms with van der Waals surface area (Å²) >= 11 is 3.35. The second-order valence-corrected chi connectivity index (χ2v) is 6.72. The molecular formula is C11H12BrN3O2S. The van der Waals surface area contributed by atoms with Crippen molar-refractivity contribution < 1.29 is 8.42 Å². The number of rotatable bonds is 3. The van der Waals surface area contributed by atoms with E-state index in [0.717, 1.165) is 10.0 Å². The Balaban J connectivity index is 2.46. The summed E-state index contributed by atoms with van der Waals surface area (Å²) in [6.45, 7) is 1.86. The van der Waals surface area contributed by atoms with Crippen molar-refractivity contribution in [1.82, 2.24) is 10.2 Å². The molecule has 0 aliphatic rings. The van der Waals surface area contributed by atoms with Gasteiger partial charge in [0.05, 0.1) is 11.9 Å². The molecule has 0 saturated carbocycles. The predicted molar refractivity (Wildman–Crippen MR) is 73.1 cm³/mol. The molecule has 0 bridgehead atoms. The van der Waals surface area contributed by atoms with Crippen LogP contribution in [-0.4, -0.2) is 25.7 Å². The molecule has 5 nitrogen and oxygen atoms in total. The highest BCUT2D eigenvalue weighted by Crippen LogP contribution is 2.27. The number of hydrogen-bond acceptors (Lipinski definition) is 3. The summed E-state index contributed by atoms with van der Waals surface area (Å²) in [6, 6.07) is 5.44. The molecule has 2 rings (SSSR count). The number of sulfonamides is 1. The van der Waals surface area contributed by atoms with Crippen LogP contribution >= 0.6 is 15.9 Å². The van der Waals surface area contributed by atoms with Gasteiger partial charge in [0.15, 0.2) is 0 Å². The highest BCUT2D eigenvalue weighted by atomic mass is 79.9. The smallest absolute Gasteiger partial charge is 0.267 e. The number of hydrogen-bond donors (Lipinski definition) is 1. The summed E-state index contributed by atoms with van der Waals surface area (Å²) in [7, 11) is -2.03. The fourth-order valence-corrected chi connectivity index (χ4v) is 3.28. The first-order valence-electron chi connectivity index (χ1n) is 5.17. The van der Waals surface area contributed by atoms with Crippen LogP contribution < -0.4 is 4.31 Å². The number of anilines is 1. The molecule has 0 radical (unpaired) electrons. The first kappa shape index (κ1) is 13.1. The van der Waals surface area contributed by atoms with E-state index >= 15 is 0 Å². The lowest BCUT2D eigenvalue weighted by molar-refractivity contribution is 0.594. The van der Waals surface area contributed by atoms with Crippen LogP contribution in [0.2, 0.25) is 0 Å². The van der Waals surface area contributed by atoms with Gasteiger partial charge < -0.3 is 0 Å². The molecule has 18 heavy (non-hydrogen) atoms. The van der Waals surface area contributed by atoms with E-state index < -0.39 is 10.0 Å². The fraction of sp³-hybridized carbons (Fsp3) is 0.182. The number of nitrogens with zero attached hydrogens (tertiary/aromatic N) is 2. The summed E-state index contributed by atoms with van der Waals surface area (Å²) in [6.07, 6.45) is 2.65. The van der Waals surface area contributed by atoms with Crippen molar-refractivity contribution in [2.75, 3.05) is 11.4 Å². The highest BCUT2D eigenvalue weighted by molar-refractivity contribution is 9.10. The molecule has 0 amide bonds. The van der Waals surface area contributed by atoms with Crippen LogP contribution in [0.15, 0.2) is 40.0 Å². The standard InChI is InChI=1S/C11H12BrN3O2S/c1-8-5-9(12)3-4-11(8)15(2)18(16,17)10-6-13-14-7-10/h3-7H,1-2H3,(H,13,14). The van der Waals surface area contributed by atoms with E-state index in [1.165, 1.54) is 23.7 Å². The van der Waals surface area contributed by atoms with E-state index in [1.807, 2.05) is 19.1 Å². The molecule has 0 atom stereocenters. The van der Waals surface area contributed by atoms with Crippen molar-refractivity contribution >= 4 is 31.6 Å². The molecular weight excluding hydrogens is 318 g/mol. The Hall–Kier alpha value is -1.34. The highest BCUT2D eigenvalue weighted by Gasteiger charge is 2.23. The van der Waals surface area contributed by atoms with Crippen LogP contribution in [-0.2, 0) is 10.0 Å². The van der Waals surface area contributed by atoms with Crippen LogP contribution in [0.5, 0.6) is 0 Å². The van der Waals surface area contributed by atoms with Gasteiger partial charge in [-0.25, -0.2) is 8.42 Å². The maximum Gasteiger partial charge on any atom is 0.267 e. The molecule has 0 spiro atoms. The van der Waals surface area contributed by atoms with Gasteiger partial charge in [0, 0.05) is 17.7 Å². The van der Waals surface area contributed by atoms with Crippen molar-refractivity contribution in [1.29, 1.82) is 0 Å². The van der Waals surface area contributed by atoms with Crippen LogP contribution in [0.3, 0.4) is 0 Å². The van der Waals surface area contributed by atoms with Gasteiger partial charge in [0.25, 0.3) is 10.0 Å². The Labute approximate surface area is 114 Å². The van der Waals surface area contributed by atoms with Gasteiger partial charge in [-0.1, -0.05) is 15.9 Å². The molecule has 7 heteroatoms. The van der Waals surface area contributed by atoms with Gasteiger partial charge in [-0.05, 0) is 30.7 Å². The maximum atomic E-state index is 12.3. The minimum atomic E-state index is -3.56. The Morgan fingerprint density at radius 1 is 1.39 bits per heavy atom. The number of halogens is 1. The van der Waals surface area contributed by atoms with Gasteiger partial charge in [0.2, 0.25) is 0 Å². The Bertz CT molecular complexity index is 653. The van der Waals surface area contributed by atoms with Crippen molar-refractivity contribution in [3.63, 3.8) is 0 Å². The van der Waals surface area contributed by atoms with E-state index in [4.69, 9.17) is 0 Å². The number of nitrogens with one attached hydrogen (secondary N) is 1. The van der Waals surface area contributed by atoms with Gasteiger partial charge in [-0.15, -0.1) is 0 Å². The number of H-pyrrole nitrogens is 1. The van der Waals surface area contributed by atoms with Crippen LogP contribution in [0.25, 0.3) is 0 Å². The minimum Gasteiger partial charge on any atom is -0.284 e. The molecule has 0 fully saturated rings. The molecule has 96 valence electrons. The summed E-state index contributed by atoms with van der Waals surface area (Å²) in [5.74, 6) is 0. The van der Waals surface area contributed by atoms with E-state index in [-0.39, 0.29) is 4.90 Å². The van der Waals surface area contributed by atoms with Crippen molar-refractivity contribution in [3.05, 3.63) is 40.6 Å². The molecule has 1 N–H and O–H groups in total. The van der Waals surface area contributed by atoms with E-state index in [0.29, 0.717) is 5.69 Å². The molecule has 0 saturated heterocycles. The average molecular weight is 330 g/mol. The third-order valence-corrected chi connectivity index (χ3v) is 4.86. The van der Waals surface area contributed by atoms with E-state index in [2.05, 4.69) is 26.1 Å². The largest absolute Gasteiger partial charge is 0.284 e. The number of aromatic nitrogens is 2. The summed E-state index contributed by atoms with van der Waals surface area (Å²) in [4.78, 5) is 0.146. The summed E-state index contributed by atoms with van der Waals surface area (Å²) < 4.78 is 26.7. The lowest BCUT2D eigenvalue weighted by Gasteiger charge is -2.20. The average Bonchev–Trinajstić information content (AvgIpc) is 2.82. The van der Waals surface area contributed by atoms with Gasteiger partial charge in [-0.3, -0.25) is 9.40 Å². The molecule has 1 aromatic carbocycles. The third-order valence-electron chi connectivity index (χ3n) is 2.63. The Kier molecular flexibility index (Phi) is 3.45. The second-order valence-electron chi connectivity index (χ2n) is 3.84. The first-order valence-corrected chi connectivity index (χ1v) is 7.40. The van der Waals surface area contributed by atoms with E-state index in [1.54, 1.807) is 6.07 Å². The SMILES string of the molecule is Cc1cc(Br)ccc1N(C)S(=O)(=O)c1cn[nH]c1. The zero-order chi connectivity index (χ0) is 13.3. The zero-order valence-electron chi connectivity index (χ0n) is 9.88. The molecule has 1 heterocycles. The third kappa shape index (κ3) is 2.28. The lowest BCUT2D eigenvalue weighted by Crippen LogP contribution is -2.26. The first-order chi connectivity index (χ1) is 8.43. The Morgan fingerprint density at radius 3 is 2.67 bits per heavy atom. The lowest BCUT2D eigenvalue weighted by atomic mass is 10.2. The molecule has 2 aromatic rings. The second kappa shape index (κ2) is 4.74. The number of aromatic amines is 1. The van der Waals surface area contributed by atoms with Crippen molar-refractivity contribution in [3.8, 4) is 0 Å². The van der Waals surface area contributed by atoms with Gasteiger partial charge >= 0.3 is 0 Å². The topological polar surface area (TPSA) is 66.1 Å². The molecule has 0 aliphatic heterocycles. The normalized spacial score (nSPS) is 11.5. The quantitative estimate of drug-likeness (QED) is 0.939. The fourth-order valence-electron chi connectivity index (χ4n) is 1.64. The minimum absolute atomic E-state index is 0.146. The zero-order valence-corrected chi connectivity index (χ0v) is 12.3. The van der Waals surface area contributed by atoms with Crippen LogP contribution in [0.4, 0.5) is 5.69 Å². The van der Waals surface area contributed by atoms with Gasteiger partial charge in [0.1, 0.15) is 4.90 Å². The van der Waals surface area contributed by atoms with Crippen molar-refractivity contribution in [2.24, 2.45) is 0 Å². The number of aryl methyl sites for hydroxylation is 1. The monoisotopic (exact) mass is 329 g/mol. The van der Waals surface area contributed by atoms with E-state index in [9.17, 15) is 8.42 Å². The van der Waals surface area contributed by atoms with Crippen LogP contribution in [0.1, 0.15) is 5.56 Å². The molecule has 0 aliphatic carbocycles. The molecule has 0 unspecified atom stereocenters. The molecule has 1 aromatic heterocycles. The Morgan fingerprint density at radius 2 is 2.11 bits per heavy atom. The summed E-state index contributed by atoms with van der Waals surface area (Å²) in [5, 5.41) is 6.17. The maximum absolute atomic E-state index is 12.3. The number of benzene rings is 1. The predicted octanol–water partition coefficient (Wildman–Crippen LogP) is 2.31. The van der Waals surface area contributed by atoms with Crippen molar-refractivity contribution in [2.45, 2.75) is 11.8 Å². The summed E-state index contributed by atoms with van der Waals surface area (Å²) in [5.41, 5.74) is 1.51. The van der Waals surface area contributed by atoms with Gasteiger partial charge in [-0.2, -0.15) is 5.10 Å².